The maximum Gasteiger partial charge on any atom is 0.430 e. The predicted molar refractivity (Wildman–Crippen MR) is 110 cm³/mol. The molecule has 34 heavy (non-hydrogen) atoms. The number of amides is 1. The first kappa shape index (κ1) is 24.2. The number of nitrogens with zero attached hydrogens (tertiary/aromatic N) is 2. The van der Waals surface area contributed by atoms with Gasteiger partial charge in [0.2, 0.25) is 6.10 Å². The monoisotopic (exact) mass is 488 g/mol. The summed E-state index contributed by atoms with van der Waals surface area (Å²) in [6.45, 7) is 1.29. The van der Waals surface area contributed by atoms with Crippen molar-refractivity contribution in [2.75, 3.05) is 25.1 Å². The average Bonchev–Trinajstić information content (AvgIpc) is 2.82. The van der Waals surface area contributed by atoms with E-state index < -0.39 is 59.8 Å². The Labute approximate surface area is 191 Å². The number of alkyl halides is 6. The van der Waals surface area contributed by atoms with Crippen molar-refractivity contribution in [3.05, 3.63) is 41.2 Å². The second-order valence-corrected chi connectivity index (χ2v) is 8.42. The molecule has 0 radical (unpaired) electrons. The summed E-state index contributed by atoms with van der Waals surface area (Å²) in [5.74, 6) is -3.73. The van der Waals surface area contributed by atoms with E-state index in [2.05, 4.69) is 25.3 Å². The first-order valence-electron chi connectivity index (χ1n) is 10.7. The Morgan fingerprint density at radius 1 is 1.18 bits per heavy atom. The molecule has 2 aliphatic heterocycles. The van der Waals surface area contributed by atoms with Gasteiger partial charge in [-0.2, -0.15) is 13.2 Å². The molecule has 0 aliphatic carbocycles. The zero-order valence-corrected chi connectivity index (χ0v) is 18.1. The van der Waals surface area contributed by atoms with E-state index in [1.165, 1.54) is 13.0 Å². The minimum atomic E-state index is -4.99. The molecule has 2 aromatic heterocycles. The van der Waals surface area contributed by atoms with Crippen molar-refractivity contribution in [1.82, 2.24) is 15.3 Å². The summed E-state index contributed by atoms with van der Waals surface area (Å²) in [7, 11) is 0. The van der Waals surface area contributed by atoms with E-state index in [1.54, 1.807) is 0 Å². The summed E-state index contributed by atoms with van der Waals surface area (Å²) < 4.78 is 89.7. The third-order valence-electron chi connectivity index (χ3n) is 6.32. The van der Waals surface area contributed by atoms with Gasteiger partial charge >= 0.3 is 12.3 Å². The van der Waals surface area contributed by atoms with E-state index in [1.807, 2.05) is 0 Å². The number of cyclic esters (lactones) is 1. The Kier molecular flexibility index (Phi) is 6.21. The molecule has 2 N–H and O–H groups in total. The number of carbonyl (C=O) groups is 1. The first-order chi connectivity index (χ1) is 16.0. The van der Waals surface area contributed by atoms with Gasteiger partial charge < -0.3 is 10.1 Å². The Morgan fingerprint density at radius 3 is 2.50 bits per heavy atom. The van der Waals surface area contributed by atoms with Crippen LogP contribution < -0.4 is 10.6 Å². The van der Waals surface area contributed by atoms with E-state index >= 15 is 0 Å². The number of halogens is 6. The summed E-state index contributed by atoms with van der Waals surface area (Å²) in [6.07, 6.45) is -7.87. The van der Waals surface area contributed by atoms with Gasteiger partial charge in [-0.25, -0.2) is 18.6 Å². The number of carbonyl (C=O) groups excluding carboxylic acids is 1. The number of piperidine rings is 1. The molecule has 1 amide bonds. The highest BCUT2D eigenvalue weighted by Gasteiger charge is 2.49. The lowest BCUT2D eigenvalue weighted by Gasteiger charge is -2.35. The molecular formula is C22H22F6N4O2. The first-order valence-corrected chi connectivity index (χ1v) is 10.7. The molecule has 184 valence electrons. The van der Waals surface area contributed by atoms with Crippen molar-refractivity contribution in [3.63, 3.8) is 0 Å². The summed E-state index contributed by atoms with van der Waals surface area (Å²) in [4.78, 5) is 19.9. The van der Waals surface area contributed by atoms with Crippen LogP contribution in [0.5, 0.6) is 0 Å². The fourth-order valence-electron chi connectivity index (χ4n) is 4.30. The lowest BCUT2D eigenvalue weighted by Crippen LogP contribution is -2.42. The van der Waals surface area contributed by atoms with Crippen LogP contribution in [0.15, 0.2) is 24.4 Å². The fraction of sp³-hybridized carbons (Fsp3) is 0.500. The van der Waals surface area contributed by atoms with E-state index in [-0.39, 0.29) is 29.8 Å². The second kappa shape index (κ2) is 8.71. The number of aromatic nitrogens is 2. The zero-order valence-electron chi connectivity index (χ0n) is 18.1. The van der Waals surface area contributed by atoms with Crippen LogP contribution in [0, 0.1) is 0 Å². The molecule has 0 spiro atoms. The molecule has 2 aromatic rings. The van der Waals surface area contributed by atoms with Gasteiger partial charge in [-0.1, -0.05) is 6.92 Å². The van der Waals surface area contributed by atoms with Crippen molar-refractivity contribution in [1.29, 1.82) is 0 Å². The molecule has 1 saturated heterocycles. The minimum Gasteiger partial charge on any atom is -0.431 e. The van der Waals surface area contributed by atoms with Gasteiger partial charge in [-0.15, -0.1) is 0 Å². The lowest BCUT2D eigenvalue weighted by molar-refractivity contribution is -0.206. The highest BCUT2D eigenvalue weighted by atomic mass is 19.4. The topological polar surface area (TPSA) is 76.1 Å². The molecule has 1 fully saturated rings. The maximum absolute atomic E-state index is 14.8. The molecule has 0 saturated carbocycles. The number of rotatable bonds is 5. The molecule has 1 atom stereocenters. The van der Waals surface area contributed by atoms with Crippen molar-refractivity contribution in [3.8, 4) is 11.3 Å². The number of ether oxygens (including phenoxy) is 1. The lowest BCUT2D eigenvalue weighted by atomic mass is 9.76. The molecule has 2 aliphatic rings. The molecule has 4 rings (SSSR count). The average molecular weight is 488 g/mol. The molecule has 4 heterocycles. The number of pyridine rings is 2. The van der Waals surface area contributed by atoms with Gasteiger partial charge in [-0.05, 0) is 44.1 Å². The predicted octanol–water partition coefficient (Wildman–Crippen LogP) is 5.40. The van der Waals surface area contributed by atoms with Crippen LogP contribution in [0.4, 0.5) is 37.0 Å². The Balaban J connectivity index is 1.96. The summed E-state index contributed by atoms with van der Waals surface area (Å²) in [6, 6.07) is 3.33. The van der Waals surface area contributed by atoms with Crippen LogP contribution in [0.2, 0.25) is 0 Å². The Morgan fingerprint density at radius 2 is 1.88 bits per heavy atom. The van der Waals surface area contributed by atoms with Gasteiger partial charge in [-0.3, -0.25) is 14.7 Å². The quantitative estimate of drug-likeness (QED) is 0.551. The van der Waals surface area contributed by atoms with Crippen LogP contribution in [0.1, 0.15) is 49.1 Å². The van der Waals surface area contributed by atoms with Crippen molar-refractivity contribution >= 4 is 11.9 Å². The van der Waals surface area contributed by atoms with Crippen LogP contribution in [0.25, 0.3) is 11.3 Å². The van der Waals surface area contributed by atoms with Crippen LogP contribution in [-0.2, 0) is 16.1 Å². The van der Waals surface area contributed by atoms with Crippen molar-refractivity contribution in [2.24, 2.45) is 0 Å². The number of fused-ring (bicyclic) bond motifs is 1. The Bertz CT molecular complexity index is 1090. The minimum absolute atomic E-state index is 0.0482. The molecule has 0 aromatic carbocycles. The van der Waals surface area contributed by atoms with Gasteiger partial charge in [0.1, 0.15) is 12.5 Å². The summed E-state index contributed by atoms with van der Waals surface area (Å²) in [5, 5.41) is 5.19. The SMILES string of the molecule is CCC(F)(F)c1cc(-c2ccnc3c2[C@H](C(F)(F)F)OC(=O)N3)nc(C2(CF)CCNCC2)c1. The summed E-state index contributed by atoms with van der Waals surface area (Å²) in [5.41, 5.74) is -2.53. The smallest absolute Gasteiger partial charge is 0.430 e. The standard InChI is InChI=1S/C22H22F6N4O2/c1-2-21(24,25)12-9-14(31-15(10-12)20(11-23)4-7-29-8-5-20)13-3-6-30-18-16(13)17(22(26,27)28)34-19(33)32-18/h3,6,9-10,17,29H,2,4-5,7-8,11H2,1H3,(H,30,32,33)/t17-/m1/s1. The Hall–Kier alpha value is -2.89. The van der Waals surface area contributed by atoms with Gasteiger partial charge in [0.15, 0.2) is 0 Å². The van der Waals surface area contributed by atoms with E-state index in [0.717, 1.165) is 18.3 Å². The van der Waals surface area contributed by atoms with Crippen LogP contribution in [0.3, 0.4) is 0 Å². The van der Waals surface area contributed by atoms with Gasteiger partial charge in [0, 0.05) is 29.2 Å². The van der Waals surface area contributed by atoms with E-state index in [4.69, 9.17) is 0 Å². The number of nitrogens with one attached hydrogen (secondary N) is 2. The van der Waals surface area contributed by atoms with Gasteiger partial charge in [0.25, 0.3) is 5.92 Å². The van der Waals surface area contributed by atoms with Gasteiger partial charge in [0.05, 0.1) is 17.0 Å². The van der Waals surface area contributed by atoms with Crippen molar-refractivity contribution in [2.45, 2.75) is 49.8 Å². The van der Waals surface area contributed by atoms with Crippen molar-refractivity contribution < 1.29 is 35.9 Å². The second-order valence-electron chi connectivity index (χ2n) is 8.42. The van der Waals surface area contributed by atoms with Crippen LogP contribution in [-0.4, -0.2) is 42.0 Å². The normalized spacial score (nSPS) is 20.3. The molecular weight excluding hydrogens is 466 g/mol. The number of hydrogen-bond acceptors (Lipinski definition) is 5. The highest BCUT2D eigenvalue weighted by Crippen LogP contribution is 2.46. The van der Waals surface area contributed by atoms with E-state index in [0.29, 0.717) is 13.1 Å². The summed E-state index contributed by atoms with van der Waals surface area (Å²) >= 11 is 0. The maximum atomic E-state index is 14.8. The third kappa shape index (κ3) is 4.30. The molecule has 0 bridgehead atoms. The third-order valence-corrected chi connectivity index (χ3v) is 6.32. The zero-order chi connectivity index (χ0) is 24.7. The highest BCUT2D eigenvalue weighted by molar-refractivity contribution is 5.89. The molecule has 6 nitrogen and oxygen atoms in total. The largest absolute Gasteiger partial charge is 0.431 e. The fourth-order valence-corrected chi connectivity index (χ4v) is 4.30. The molecule has 12 heteroatoms. The number of anilines is 1. The molecule has 0 unspecified atom stereocenters. The van der Waals surface area contributed by atoms with E-state index in [9.17, 15) is 31.1 Å². The number of hydrogen-bond donors (Lipinski definition) is 2. The van der Waals surface area contributed by atoms with Crippen LogP contribution >= 0.6 is 0 Å².